The number of pyridine rings is 1. The van der Waals surface area contributed by atoms with Gasteiger partial charge in [0.2, 0.25) is 0 Å². The molecule has 0 bridgehead atoms. The fraction of sp³-hybridized carbons (Fsp3) is 0.407. The number of aromatic amines is 1. The van der Waals surface area contributed by atoms with E-state index >= 15 is 0 Å². The Kier molecular flexibility index (Phi) is 7.67. The van der Waals surface area contributed by atoms with Crippen molar-refractivity contribution in [3.05, 3.63) is 53.7 Å². The van der Waals surface area contributed by atoms with Crippen molar-refractivity contribution in [1.29, 1.82) is 0 Å². The number of nitrogens with zero attached hydrogens (tertiary/aromatic N) is 2. The van der Waals surface area contributed by atoms with E-state index in [0.29, 0.717) is 61.1 Å². The van der Waals surface area contributed by atoms with Crippen LogP contribution >= 0.6 is 0 Å². The van der Waals surface area contributed by atoms with E-state index in [2.05, 4.69) is 44.1 Å². The Morgan fingerprint density at radius 3 is 2.82 bits per heavy atom. The number of hydrogen-bond acceptors (Lipinski definition) is 7. The van der Waals surface area contributed by atoms with Crippen LogP contribution in [0.2, 0.25) is 0 Å². The van der Waals surface area contributed by atoms with Crippen LogP contribution in [0, 0.1) is 5.82 Å². The average molecular weight is 548 g/mol. The molecule has 210 valence electrons. The van der Waals surface area contributed by atoms with Gasteiger partial charge in [0, 0.05) is 50.5 Å². The zero-order chi connectivity index (χ0) is 27.6. The van der Waals surface area contributed by atoms with Gasteiger partial charge in [-0.2, -0.15) is 8.78 Å². The number of morpholine rings is 1. The van der Waals surface area contributed by atoms with Crippen LogP contribution in [0.15, 0.2) is 36.7 Å². The van der Waals surface area contributed by atoms with Gasteiger partial charge >= 0.3 is 6.61 Å². The van der Waals surface area contributed by atoms with Crippen LogP contribution in [0.1, 0.15) is 31.3 Å². The predicted octanol–water partition coefficient (Wildman–Crippen LogP) is 4.58. The first kappa shape index (κ1) is 26.8. The van der Waals surface area contributed by atoms with Gasteiger partial charge in [-0.25, -0.2) is 4.39 Å². The van der Waals surface area contributed by atoms with Crippen LogP contribution in [0.4, 0.5) is 24.5 Å². The zero-order valence-corrected chi connectivity index (χ0v) is 21.7. The quantitative estimate of drug-likeness (QED) is 0.361. The maximum Gasteiger partial charge on any atom is 0.387 e. The highest BCUT2D eigenvalue weighted by atomic mass is 19.3. The highest BCUT2D eigenvalue weighted by molar-refractivity contribution is 6.06. The molecule has 4 heterocycles. The Labute approximate surface area is 225 Å². The van der Waals surface area contributed by atoms with Gasteiger partial charge < -0.3 is 29.8 Å². The highest BCUT2D eigenvalue weighted by Crippen LogP contribution is 2.42. The summed E-state index contributed by atoms with van der Waals surface area (Å²) < 4.78 is 56.9. The number of nitrogens with one attached hydrogen (secondary N) is 3. The van der Waals surface area contributed by atoms with Crippen molar-refractivity contribution in [2.45, 2.75) is 32.4 Å². The van der Waals surface area contributed by atoms with E-state index in [-0.39, 0.29) is 24.2 Å². The first-order valence-corrected chi connectivity index (χ1v) is 12.7. The third-order valence-corrected chi connectivity index (χ3v) is 6.90. The Balaban J connectivity index is 0.00000370. The number of H-pyrrole nitrogens is 1. The number of ether oxygens (including phenoxy) is 3. The lowest BCUT2D eigenvalue weighted by Crippen LogP contribution is -2.53. The van der Waals surface area contributed by atoms with Gasteiger partial charge in [-0.05, 0) is 32.0 Å². The van der Waals surface area contributed by atoms with Crippen LogP contribution in [0.3, 0.4) is 0 Å². The van der Waals surface area contributed by atoms with Crippen LogP contribution in [0.25, 0.3) is 11.3 Å². The maximum absolute atomic E-state index is 14.5. The Hall–Kier alpha value is -3.77. The van der Waals surface area contributed by atoms with Gasteiger partial charge in [0.25, 0.3) is 5.91 Å². The van der Waals surface area contributed by atoms with Crippen molar-refractivity contribution < 1.29 is 33.6 Å². The molecule has 3 aromatic rings. The Bertz CT molecular complexity index is 1350. The number of benzene rings is 1. The van der Waals surface area contributed by atoms with E-state index in [9.17, 15) is 18.0 Å². The molecule has 0 aliphatic carbocycles. The van der Waals surface area contributed by atoms with E-state index in [4.69, 9.17) is 9.47 Å². The second-order valence-corrected chi connectivity index (χ2v) is 9.93. The number of aromatic nitrogens is 2. The monoisotopic (exact) mass is 547 g/mol. The van der Waals surface area contributed by atoms with Crippen LogP contribution in [0.5, 0.6) is 11.5 Å². The first-order valence-electron chi connectivity index (χ1n) is 12.7. The number of alkyl halides is 2. The molecule has 0 radical (unpaired) electrons. The molecule has 0 atom stereocenters. The molecule has 39 heavy (non-hydrogen) atoms. The molecule has 9 nitrogen and oxygen atoms in total. The molecule has 1 fully saturated rings. The minimum Gasteiger partial charge on any atom is -0.489 e. The van der Waals surface area contributed by atoms with Crippen molar-refractivity contribution >= 4 is 17.3 Å². The highest BCUT2D eigenvalue weighted by Gasteiger charge is 2.31. The predicted molar refractivity (Wildman–Crippen MR) is 140 cm³/mol. The van der Waals surface area contributed by atoms with Gasteiger partial charge in [0.1, 0.15) is 12.4 Å². The number of anilines is 2. The molecule has 0 saturated carbocycles. The molecule has 1 aromatic carbocycles. The van der Waals surface area contributed by atoms with E-state index in [1.807, 2.05) is 0 Å². The molecule has 1 saturated heterocycles. The molecule has 2 aliphatic rings. The van der Waals surface area contributed by atoms with Crippen molar-refractivity contribution in [3.63, 3.8) is 0 Å². The van der Waals surface area contributed by atoms with Gasteiger partial charge in [-0.15, -0.1) is 0 Å². The van der Waals surface area contributed by atoms with Gasteiger partial charge in [0.15, 0.2) is 11.6 Å². The molecule has 12 heteroatoms. The van der Waals surface area contributed by atoms with Crippen molar-refractivity contribution in [3.8, 4) is 22.8 Å². The lowest BCUT2D eigenvalue weighted by molar-refractivity contribution is -0.0516. The van der Waals surface area contributed by atoms with E-state index in [0.717, 1.165) is 19.2 Å². The Morgan fingerprint density at radius 2 is 2.05 bits per heavy atom. The molecular formula is C27H32F3N5O4. The zero-order valence-electron chi connectivity index (χ0n) is 21.7. The summed E-state index contributed by atoms with van der Waals surface area (Å²) in [4.78, 5) is 22.8. The standard InChI is InChI=1S/C27H30F3N5O4.H2/c1-27(2,35-10-12-37-13-11-35)15-38-20-14-31-8-6-16(20)22-23(21-18(33-22)7-9-32-25(21)36)34-19-5-3-4-17(28)24(19)39-26(29)30;/h3-6,8,14,26,33-34H,7,9-13,15H2,1-2H3,(H,32,36);1H. The normalized spacial score (nSPS) is 16.1. The minimum absolute atomic E-state index is 0. The van der Waals surface area contributed by atoms with Gasteiger partial charge in [0.05, 0.1) is 42.0 Å². The third kappa shape index (κ3) is 5.66. The Morgan fingerprint density at radius 1 is 1.26 bits per heavy atom. The molecule has 2 aliphatic heterocycles. The molecule has 0 unspecified atom stereocenters. The summed E-state index contributed by atoms with van der Waals surface area (Å²) in [5.41, 5.74) is 1.97. The largest absolute Gasteiger partial charge is 0.489 e. The second-order valence-electron chi connectivity index (χ2n) is 9.93. The molecular weight excluding hydrogens is 515 g/mol. The average Bonchev–Trinajstić information content (AvgIpc) is 3.29. The van der Waals surface area contributed by atoms with Gasteiger partial charge in [-0.3, -0.25) is 14.7 Å². The number of hydrogen-bond donors (Lipinski definition) is 3. The van der Waals surface area contributed by atoms with Crippen molar-refractivity contribution in [1.82, 2.24) is 20.2 Å². The lowest BCUT2D eigenvalue weighted by Gasteiger charge is -2.40. The SMILES string of the molecule is CC(C)(COc1cnccc1-c1[nH]c2c(c1Nc1cccc(F)c1OC(F)F)C(=O)NCC2)N1CCOCC1.[HH]. The molecule has 3 N–H and O–H groups in total. The van der Waals surface area contributed by atoms with Gasteiger partial charge in [-0.1, -0.05) is 6.07 Å². The second kappa shape index (κ2) is 11.1. The number of fused-ring (bicyclic) bond motifs is 1. The summed E-state index contributed by atoms with van der Waals surface area (Å²) in [5.74, 6) is -1.50. The lowest BCUT2D eigenvalue weighted by atomic mass is 10.0. The van der Waals surface area contributed by atoms with Crippen molar-refractivity contribution in [2.24, 2.45) is 0 Å². The summed E-state index contributed by atoms with van der Waals surface area (Å²) in [6.45, 7) is 4.62. The first-order chi connectivity index (χ1) is 18.7. The molecule has 2 aromatic heterocycles. The molecule has 0 spiro atoms. The smallest absolute Gasteiger partial charge is 0.387 e. The number of amides is 1. The van der Waals surface area contributed by atoms with E-state index in [1.54, 1.807) is 18.5 Å². The van der Waals surface area contributed by atoms with Crippen LogP contribution in [-0.4, -0.2) is 72.4 Å². The summed E-state index contributed by atoms with van der Waals surface area (Å²) in [6, 6.07) is 5.52. The summed E-state index contributed by atoms with van der Waals surface area (Å²) in [6.07, 6.45) is 3.69. The summed E-state index contributed by atoms with van der Waals surface area (Å²) in [7, 11) is 0. The van der Waals surface area contributed by atoms with Crippen molar-refractivity contribution in [2.75, 3.05) is 44.8 Å². The summed E-state index contributed by atoms with van der Waals surface area (Å²) >= 11 is 0. The maximum atomic E-state index is 14.5. The number of carbonyl (C=O) groups is 1. The number of rotatable bonds is 9. The number of halogens is 3. The summed E-state index contributed by atoms with van der Waals surface area (Å²) in [5, 5.41) is 5.79. The molecule has 5 rings (SSSR count). The third-order valence-electron chi connectivity index (χ3n) is 6.90. The van der Waals surface area contributed by atoms with Crippen LogP contribution in [-0.2, 0) is 11.2 Å². The van der Waals surface area contributed by atoms with E-state index in [1.165, 1.54) is 12.1 Å². The van der Waals surface area contributed by atoms with E-state index < -0.39 is 18.2 Å². The number of para-hydroxylation sites is 1. The molecule has 1 amide bonds. The fourth-order valence-corrected chi connectivity index (χ4v) is 4.87. The topological polar surface area (TPSA) is 101 Å². The number of carbonyl (C=O) groups excluding carboxylic acids is 1. The van der Waals surface area contributed by atoms with Crippen LogP contribution < -0.4 is 20.1 Å². The minimum atomic E-state index is -3.24. The fourth-order valence-electron chi connectivity index (χ4n) is 4.87.